The van der Waals surface area contributed by atoms with Gasteiger partial charge in [0.1, 0.15) is 0 Å². The lowest BCUT2D eigenvalue weighted by Crippen LogP contribution is -2.48. The van der Waals surface area contributed by atoms with Gasteiger partial charge in [-0.2, -0.15) is 0 Å². The molecule has 1 fully saturated rings. The summed E-state index contributed by atoms with van der Waals surface area (Å²) in [4.78, 5) is 11.4. The largest absolute Gasteiger partial charge is 0.466 e. The van der Waals surface area contributed by atoms with E-state index in [2.05, 4.69) is 6.92 Å². The predicted octanol–water partition coefficient (Wildman–Crippen LogP) is 2.77. The highest BCUT2D eigenvalue weighted by atomic mass is 16.5. The molecule has 0 aromatic carbocycles. The SMILES string of the molecule is CCCCCCCOC(=O)CC1(N)CCC1. The van der Waals surface area contributed by atoms with Gasteiger partial charge >= 0.3 is 5.97 Å². The van der Waals surface area contributed by atoms with Crippen LogP contribution in [0.15, 0.2) is 0 Å². The molecular formula is C13H25NO2. The van der Waals surface area contributed by atoms with Crippen LogP contribution in [0.3, 0.4) is 0 Å². The Hall–Kier alpha value is -0.570. The van der Waals surface area contributed by atoms with Gasteiger partial charge in [-0.1, -0.05) is 32.6 Å². The van der Waals surface area contributed by atoms with Crippen molar-refractivity contribution in [3.05, 3.63) is 0 Å². The van der Waals surface area contributed by atoms with Gasteiger partial charge in [0.25, 0.3) is 0 Å². The second-order valence-corrected chi connectivity index (χ2v) is 5.03. The molecule has 0 unspecified atom stereocenters. The lowest BCUT2D eigenvalue weighted by atomic mass is 9.75. The van der Waals surface area contributed by atoms with E-state index in [1.54, 1.807) is 0 Å². The Labute approximate surface area is 98.7 Å². The molecule has 2 N–H and O–H groups in total. The smallest absolute Gasteiger partial charge is 0.307 e. The van der Waals surface area contributed by atoms with Crippen LogP contribution in [0.5, 0.6) is 0 Å². The summed E-state index contributed by atoms with van der Waals surface area (Å²) < 4.78 is 5.17. The van der Waals surface area contributed by atoms with Crippen molar-refractivity contribution in [2.24, 2.45) is 5.73 Å². The number of carbonyl (C=O) groups excluding carboxylic acids is 1. The van der Waals surface area contributed by atoms with Crippen LogP contribution in [0.2, 0.25) is 0 Å². The summed E-state index contributed by atoms with van der Waals surface area (Å²) in [6.07, 6.45) is 9.42. The van der Waals surface area contributed by atoms with E-state index in [1.807, 2.05) is 0 Å². The molecule has 16 heavy (non-hydrogen) atoms. The number of rotatable bonds is 8. The highest BCUT2D eigenvalue weighted by molar-refractivity contribution is 5.71. The first kappa shape index (κ1) is 13.5. The summed E-state index contributed by atoms with van der Waals surface area (Å²) in [6, 6.07) is 0. The summed E-state index contributed by atoms with van der Waals surface area (Å²) in [6.45, 7) is 2.76. The van der Waals surface area contributed by atoms with E-state index in [4.69, 9.17) is 10.5 Å². The monoisotopic (exact) mass is 227 g/mol. The fraction of sp³-hybridized carbons (Fsp3) is 0.923. The number of unbranched alkanes of at least 4 members (excludes halogenated alkanes) is 4. The number of hydrogen-bond donors (Lipinski definition) is 1. The Morgan fingerprint density at radius 2 is 1.94 bits per heavy atom. The molecule has 0 aromatic rings. The van der Waals surface area contributed by atoms with Crippen molar-refractivity contribution in [1.29, 1.82) is 0 Å². The Bertz CT molecular complexity index is 212. The molecule has 0 aromatic heterocycles. The van der Waals surface area contributed by atoms with Crippen LogP contribution >= 0.6 is 0 Å². The van der Waals surface area contributed by atoms with Gasteiger partial charge < -0.3 is 10.5 Å². The molecule has 1 rings (SSSR count). The third-order valence-electron chi connectivity index (χ3n) is 3.36. The fourth-order valence-corrected chi connectivity index (χ4v) is 2.04. The first-order chi connectivity index (χ1) is 7.66. The summed E-state index contributed by atoms with van der Waals surface area (Å²) in [5, 5.41) is 0. The summed E-state index contributed by atoms with van der Waals surface area (Å²) >= 11 is 0. The van der Waals surface area contributed by atoms with Crippen molar-refractivity contribution < 1.29 is 9.53 Å². The zero-order valence-corrected chi connectivity index (χ0v) is 10.5. The maximum Gasteiger partial charge on any atom is 0.307 e. The minimum atomic E-state index is -0.237. The highest BCUT2D eigenvalue weighted by Crippen LogP contribution is 2.32. The molecular weight excluding hydrogens is 202 g/mol. The van der Waals surface area contributed by atoms with E-state index in [-0.39, 0.29) is 11.5 Å². The van der Waals surface area contributed by atoms with Gasteiger partial charge in [-0.25, -0.2) is 0 Å². The average Bonchev–Trinajstić information content (AvgIpc) is 2.21. The fourth-order valence-electron chi connectivity index (χ4n) is 2.04. The van der Waals surface area contributed by atoms with Crippen LogP contribution in [-0.4, -0.2) is 18.1 Å². The second kappa shape index (κ2) is 6.89. The lowest BCUT2D eigenvalue weighted by molar-refractivity contribution is -0.146. The van der Waals surface area contributed by atoms with Crippen molar-refractivity contribution in [2.75, 3.05) is 6.61 Å². The maximum atomic E-state index is 11.4. The van der Waals surface area contributed by atoms with E-state index in [1.165, 1.54) is 19.3 Å². The van der Waals surface area contributed by atoms with Gasteiger partial charge in [-0.15, -0.1) is 0 Å². The number of carbonyl (C=O) groups is 1. The molecule has 1 saturated carbocycles. The molecule has 0 heterocycles. The van der Waals surface area contributed by atoms with Gasteiger partial charge in [-0.05, 0) is 25.7 Å². The lowest BCUT2D eigenvalue weighted by Gasteiger charge is -2.37. The zero-order chi connectivity index (χ0) is 11.9. The van der Waals surface area contributed by atoms with Crippen molar-refractivity contribution in [3.8, 4) is 0 Å². The number of ether oxygens (including phenoxy) is 1. The normalized spacial score (nSPS) is 17.9. The minimum Gasteiger partial charge on any atom is -0.466 e. The second-order valence-electron chi connectivity index (χ2n) is 5.03. The van der Waals surface area contributed by atoms with Gasteiger partial charge in [0.05, 0.1) is 13.0 Å². The summed E-state index contributed by atoms with van der Waals surface area (Å²) in [5.41, 5.74) is 5.74. The van der Waals surface area contributed by atoms with Crippen LogP contribution < -0.4 is 5.73 Å². The molecule has 0 radical (unpaired) electrons. The molecule has 0 atom stereocenters. The summed E-state index contributed by atoms with van der Waals surface area (Å²) in [5.74, 6) is -0.113. The molecule has 0 bridgehead atoms. The van der Waals surface area contributed by atoms with Crippen LogP contribution in [0.1, 0.15) is 64.7 Å². The quantitative estimate of drug-likeness (QED) is 0.512. The number of nitrogens with two attached hydrogens (primary N) is 1. The molecule has 3 heteroatoms. The zero-order valence-electron chi connectivity index (χ0n) is 10.5. The van der Waals surface area contributed by atoms with E-state index in [0.717, 1.165) is 32.1 Å². The van der Waals surface area contributed by atoms with Gasteiger partial charge in [0.15, 0.2) is 0 Å². The molecule has 0 amide bonds. The number of esters is 1. The van der Waals surface area contributed by atoms with E-state index in [0.29, 0.717) is 13.0 Å². The third kappa shape index (κ3) is 4.97. The molecule has 1 aliphatic rings. The Balaban J connectivity index is 1.94. The van der Waals surface area contributed by atoms with E-state index in [9.17, 15) is 4.79 Å². The molecule has 0 aliphatic heterocycles. The van der Waals surface area contributed by atoms with Gasteiger partial charge in [-0.3, -0.25) is 4.79 Å². The van der Waals surface area contributed by atoms with E-state index < -0.39 is 0 Å². The Morgan fingerprint density at radius 3 is 2.50 bits per heavy atom. The van der Waals surface area contributed by atoms with Gasteiger partial charge in [0, 0.05) is 5.54 Å². The minimum absolute atomic E-state index is 0.113. The molecule has 1 aliphatic carbocycles. The van der Waals surface area contributed by atoms with Crippen molar-refractivity contribution in [1.82, 2.24) is 0 Å². The van der Waals surface area contributed by atoms with Crippen molar-refractivity contribution >= 4 is 5.97 Å². The van der Waals surface area contributed by atoms with Gasteiger partial charge in [0.2, 0.25) is 0 Å². The molecule has 3 nitrogen and oxygen atoms in total. The first-order valence-corrected chi connectivity index (χ1v) is 6.61. The maximum absolute atomic E-state index is 11.4. The molecule has 94 valence electrons. The Morgan fingerprint density at radius 1 is 1.25 bits per heavy atom. The topological polar surface area (TPSA) is 52.3 Å². The molecule has 0 spiro atoms. The first-order valence-electron chi connectivity index (χ1n) is 6.61. The standard InChI is InChI=1S/C13H25NO2/c1-2-3-4-5-6-10-16-12(15)11-13(14)8-7-9-13/h2-11,14H2,1H3. The molecule has 0 saturated heterocycles. The third-order valence-corrected chi connectivity index (χ3v) is 3.36. The average molecular weight is 227 g/mol. The van der Waals surface area contributed by atoms with E-state index >= 15 is 0 Å². The predicted molar refractivity (Wildman–Crippen MR) is 65.1 cm³/mol. The van der Waals surface area contributed by atoms with Crippen LogP contribution in [0, 0.1) is 0 Å². The van der Waals surface area contributed by atoms with Crippen LogP contribution in [0.4, 0.5) is 0 Å². The van der Waals surface area contributed by atoms with Crippen molar-refractivity contribution in [2.45, 2.75) is 70.3 Å². The van der Waals surface area contributed by atoms with Crippen LogP contribution in [0.25, 0.3) is 0 Å². The number of hydrogen-bond acceptors (Lipinski definition) is 3. The Kier molecular flexibility index (Phi) is 5.81. The van der Waals surface area contributed by atoms with Crippen molar-refractivity contribution in [3.63, 3.8) is 0 Å². The highest BCUT2D eigenvalue weighted by Gasteiger charge is 2.35. The summed E-state index contributed by atoms with van der Waals surface area (Å²) in [7, 11) is 0. The van der Waals surface area contributed by atoms with Crippen LogP contribution in [-0.2, 0) is 9.53 Å².